The van der Waals surface area contributed by atoms with Crippen LogP contribution in [0.2, 0.25) is 5.02 Å². The first kappa shape index (κ1) is 18.7. The molecule has 26 heavy (non-hydrogen) atoms. The molecule has 2 aromatic rings. The molecule has 138 valence electrons. The second-order valence-electron chi connectivity index (χ2n) is 6.51. The number of hydrogen-bond donors (Lipinski definition) is 0. The number of para-hydroxylation sites is 1. The molecule has 3 rings (SSSR count). The van der Waals surface area contributed by atoms with Crippen LogP contribution < -0.4 is 4.74 Å². The van der Waals surface area contributed by atoms with Crippen LogP contribution in [-0.2, 0) is 11.2 Å². The number of benzene rings is 2. The third-order valence-corrected chi connectivity index (χ3v) is 5.02. The van der Waals surface area contributed by atoms with Gasteiger partial charge in [0, 0.05) is 37.7 Å². The van der Waals surface area contributed by atoms with Crippen molar-refractivity contribution in [2.75, 3.05) is 39.3 Å². The van der Waals surface area contributed by atoms with E-state index in [0.29, 0.717) is 11.4 Å². The molecular formula is C21H25ClN2O2. The quantitative estimate of drug-likeness (QED) is 0.697. The molecular weight excluding hydrogens is 348 g/mol. The SMILES string of the molecule is O=C(Cc1ccccc1Cl)N1CCN(CCCOc2ccccc2)CC1. The summed E-state index contributed by atoms with van der Waals surface area (Å²) in [5.41, 5.74) is 0.902. The van der Waals surface area contributed by atoms with Crippen molar-refractivity contribution in [1.29, 1.82) is 0 Å². The standard InChI is InChI=1S/C21H25ClN2O2/c22-20-10-5-4-7-18(20)17-21(25)24-14-12-23(13-15-24)11-6-16-26-19-8-2-1-3-9-19/h1-5,7-10H,6,11-17H2. The van der Waals surface area contributed by atoms with Crippen LogP contribution >= 0.6 is 11.6 Å². The maximum absolute atomic E-state index is 12.5. The molecule has 0 aromatic heterocycles. The average Bonchev–Trinajstić information content (AvgIpc) is 2.68. The molecule has 1 fully saturated rings. The minimum atomic E-state index is 0.158. The topological polar surface area (TPSA) is 32.8 Å². The second kappa shape index (κ2) is 9.60. The number of ether oxygens (including phenoxy) is 1. The number of carbonyl (C=O) groups is 1. The molecule has 1 aliphatic heterocycles. The van der Waals surface area contributed by atoms with Gasteiger partial charge in [0.25, 0.3) is 0 Å². The number of carbonyl (C=O) groups excluding carboxylic acids is 1. The lowest BCUT2D eigenvalue weighted by Crippen LogP contribution is -2.49. The zero-order valence-corrected chi connectivity index (χ0v) is 15.7. The van der Waals surface area contributed by atoms with Crippen LogP contribution in [0.5, 0.6) is 5.75 Å². The lowest BCUT2D eigenvalue weighted by Gasteiger charge is -2.34. The van der Waals surface area contributed by atoms with Gasteiger partial charge in [0.1, 0.15) is 5.75 Å². The Morgan fingerprint density at radius 1 is 0.962 bits per heavy atom. The molecule has 0 bridgehead atoms. The third kappa shape index (κ3) is 5.48. The van der Waals surface area contributed by atoms with Gasteiger partial charge >= 0.3 is 0 Å². The van der Waals surface area contributed by atoms with E-state index in [-0.39, 0.29) is 5.91 Å². The maximum atomic E-state index is 12.5. The Labute approximate surface area is 160 Å². The first-order valence-electron chi connectivity index (χ1n) is 9.14. The predicted octanol–water partition coefficient (Wildman–Crippen LogP) is 3.50. The van der Waals surface area contributed by atoms with E-state index >= 15 is 0 Å². The number of piperazine rings is 1. The van der Waals surface area contributed by atoms with Gasteiger partial charge in [-0.3, -0.25) is 9.69 Å². The van der Waals surface area contributed by atoms with E-state index in [2.05, 4.69) is 4.90 Å². The second-order valence-corrected chi connectivity index (χ2v) is 6.91. The van der Waals surface area contributed by atoms with Gasteiger partial charge < -0.3 is 9.64 Å². The van der Waals surface area contributed by atoms with Gasteiger partial charge in [0.15, 0.2) is 0 Å². The van der Waals surface area contributed by atoms with Gasteiger partial charge in [0.2, 0.25) is 5.91 Å². The molecule has 0 unspecified atom stereocenters. The van der Waals surface area contributed by atoms with Crippen molar-refractivity contribution >= 4 is 17.5 Å². The lowest BCUT2D eigenvalue weighted by atomic mass is 10.1. The molecule has 2 aromatic carbocycles. The van der Waals surface area contributed by atoms with Crippen LogP contribution in [0.4, 0.5) is 0 Å². The molecule has 0 radical (unpaired) electrons. The van der Waals surface area contributed by atoms with E-state index in [1.165, 1.54) is 0 Å². The highest BCUT2D eigenvalue weighted by Crippen LogP contribution is 2.17. The molecule has 0 aliphatic carbocycles. The van der Waals surface area contributed by atoms with Gasteiger partial charge in [-0.05, 0) is 30.2 Å². The predicted molar refractivity (Wildman–Crippen MR) is 105 cm³/mol. The molecule has 1 saturated heterocycles. The van der Waals surface area contributed by atoms with Gasteiger partial charge in [-0.15, -0.1) is 0 Å². The highest BCUT2D eigenvalue weighted by Gasteiger charge is 2.21. The fraction of sp³-hybridized carbons (Fsp3) is 0.381. The Kier molecular flexibility index (Phi) is 6.92. The van der Waals surface area contributed by atoms with Crippen LogP contribution in [0.3, 0.4) is 0 Å². The summed E-state index contributed by atoms with van der Waals surface area (Å²) in [6.45, 7) is 5.11. The van der Waals surface area contributed by atoms with Crippen molar-refractivity contribution in [3.8, 4) is 5.75 Å². The van der Waals surface area contributed by atoms with Crippen molar-refractivity contribution < 1.29 is 9.53 Å². The van der Waals surface area contributed by atoms with Crippen molar-refractivity contribution in [3.05, 3.63) is 65.2 Å². The summed E-state index contributed by atoms with van der Waals surface area (Å²) in [5.74, 6) is 1.08. The van der Waals surface area contributed by atoms with Crippen LogP contribution in [0, 0.1) is 0 Å². The Hall–Kier alpha value is -2.04. The summed E-state index contributed by atoms with van der Waals surface area (Å²) in [4.78, 5) is 16.8. The number of amides is 1. The molecule has 4 nitrogen and oxygen atoms in total. The summed E-state index contributed by atoms with van der Waals surface area (Å²) in [6.07, 6.45) is 1.37. The van der Waals surface area contributed by atoms with E-state index in [9.17, 15) is 4.79 Å². The molecule has 0 saturated carbocycles. The Morgan fingerprint density at radius 2 is 1.65 bits per heavy atom. The summed E-state index contributed by atoms with van der Waals surface area (Å²) in [5, 5.41) is 0.665. The minimum absolute atomic E-state index is 0.158. The number of halogens is 1. The third-order valence-electron chi connectivity index (χ3n) is 4.66. The molecule has 1 aliphatic rings. The first-order chi connectivity index (χ1) is 12.7. The largest absolute Gasteiger partial charge is 0.494 e. The van der Waals surface area contributed by atoms with Crippen LogP contribution in [0.15, 0.2) is 54.6 Å². The van der Waals surface area contributed by atoms with Crippen molar-refractivity contribution in [2.45, 2.75) is 12.8 Å². The molecule has 1 amide bonds. The normalized spacial score (nSPS) is 15.0. The fourth-order valence-corrected chi connectivity index (χ4v) is 3.33. The average molecular weight is 373 g/mol. The zero-order chi connectivity index (χ0) is 18.2. The van der Waals surface area contributed by atoms with Crippen molar-refractivity contribution in [2.24, 2.45) is 0 Å². The smallest absolute Gasteiger partial charge is 0.227 e. The molecule has 5 heteroatoms. The summed E-state index contributed by atoms with van der Waals surface area (Å²) >= 11 is 6.15. The Balaban J connectivity index is 1.35. The van der Waals surface area contributed by atoms with Gasteiger partial charge in [-0.2, -0.15) is 0 Å². The first-order valence-corrected chi connectivity index (χ1v) is 9.51. The summed E-state index contributed by atoms with van der Waals surface area (Å²) < 4.78 is 5.73. The van der Waals surface area contributed by atoms with Crippen LogP contribution in [-0.4, -0.2) is 55.0 Å². The Morgan fingerprint density at radius 3 is 2.38 bits per heavy atom. The zero-order valence-electron chi connectivity index (χ0n) is 14.9. The minimum Gasteiger partial charge on any atom is -0.494 e. The fourth-order valence-electron chi connectivity index (χ4n) is 3.13. The van der Waals surface area contributed by atoms with Gasteiger partial charge in [-0.1, -0.05) is 48.0 Å². The van der Waals surface area contributed by atoms with Crippen LogP contribution in [0.1, 0.15) is 12.0 Å². The van der Waals surface area contributed by atoms with Gasteiger partial charge in [-0.25, -0.2) is 0 Å². The number of hydrogen-bond acceptors (Lipinski definition) is 3. The van der Waals surface area contributed by atoms with Crippen LogP contribution in [0.25, 0.3) is 0 Å². The van der Waals surface area contributed by atoms with E-state index < -0.39 is 0 Å². The van der Waals surface area contributed by atoms with E-state index in [0.717, 1.165) is 57.1 Å². The summed E-state index contributed by atoms with van der Waals surface area (Å²) in [6, 6.07) is 17.5. The highest BCUT2D eigenvalue weighted by atomic mass is 35.5. The van der Waals surface area contributed by atoms with Gasteiger partial charge in [0.05, 0.1) is 13.0 Å². The molecule has 0 N–H and O–H groups in total. The highest BCUT2D eigenvalue weighted by molar-refractivity contribution is 6.31. The monoisotopic (exact) mass is 372 g/mol. The van der Waals surface area contributed by atoms with E-state index in [4.69, 9.17) is 16.3 Å². The van der Waals surface area contributed by atoms with E-state index in [1.807, 2.05) is 59.5 Å². The Bertz CT molecular complexity index is 700. The lowest BCUT2D eigenvalue weighted by molar-refractivity contribution is -0.132. The maximum Gasteiger partial charge on any atom is 0.227 e. The molecule has 0 spiro atoms. The number of rotatable bonds is 7. The number of nitrogens with zero attached hydrogens (tertiary/aromatic N) is 2. The summed E-state index contributed by atoms with van der Waals surface area (Å²) in [7, 11) is 0. The van der Waals surface area contributed by atoms with Crippen molar-refractivity contribution in [1.82, 2.24) is 9.80 Å². The molecule has 1 heterocycles. The van der Waals surface area contributed by atoms with Crippen molar-refractivity contribution in [3.63, 3.8) is 0 Å². The van der Waals surface area contributed by atoms with E-state index in [1.54, 1.807) is 0 Å². The molecule has 0 atom stereocenters.